The van der Waals surface area contributed by atoms with Gasteiger partial charge in [0, 0.05) is 6.20 Å². The molecule has 2 heterocycles. The van der Waals surface area contributed by atoms with E-state index in [9.17, 15) is 0 Å². The number of hydrogen-bond acceptors (Lipinski definition) is 1. The fourth-order valence-electron chi connectivity index (χ4n) is 1.96. The highest BCUT2D eigenvalue weighted by Crippen LogP contribution is 2.25. The molecule has 2 rings (SSSR count). The Hall–Kier alpha value is -1.28. The van der Waals surface area contributed by atoms with Crippen LogP contribution in [-0.4, -0.2) is 9.38 Å². The molecule has 84 valence electrons. The number of rotatable bonds is 1. The molecule has 2 nitrogen and oxygen atoms in total. The second-order valence-electron chi connectivity index (χ2n) is 4.08. The highest BCUT2D eigenvalue weighted by atomic mass is 35.5. The predicted molar refractivity (Wildman–Crippen MR) is 69.0 cm³/mol. The molecule has 0 aromatic carbocycles. The molecule has 0 radical (unpaired) electrons. The van der Waals surface area contributed by atoms with E-state index in [4.69, 9.17) is 11.6 Å². The first kappa shape index (κ1) is 11.2. The van der Waals surface area contributed by atoms with Gasteiger partial charge in [-0.05, 0) is 44.9 Å². The minimum Gasteiger partial charge on any atom is -0.298 e. The topological polar surface area (TPSA) is 17.3 Å². The van der Waals surface area contributed by atoms with Crippen LogP contribution in [0.25, 0.3) is 11.2 Å². The summed E-state index contributed by atoms with van der Waals surface area (Å²) in [6.07, 6.45) is 4.16. The summed E-state index contributed by atoms with van der Waals surface area (Å²) in [6, 6.07) is 1.94. The van der Waals surface area contributed by atoms with Crippen LogP contribution in [-0.2, 0) is 0 Å². The number of allylic oxidation sites excluding steroid dienone is 2. The van der Waals surface area contributed by atoms with Gasteiger partial charge in [0.05, 0.1) is 16.4 Å². The molecule has 2 aromatic heterocycles. The molecule has 0 aliphatic heterocycles. The Labute approximate surface area is 101 Å². The van der Waals surface area contributed by atoms with Crippen molar-refractivity contribution in [3.8, 4) is 0 Å². The van der Waals surface area contributed by atoms with Crippen LogP contribution in [0.5, 0.6) is 0 Å². The summed E-state index contributed by atoms with van der Waals surface area (Å²) in [5.41, 5.74) is 5.35. The molecule has 0 saturated heterocycles. The minimum absolute atomic E-state index is 0.707. The van der Waals surface area contributed by atoms with Gasteiger partial charge in [-0.15, -0.1) is 0 Å². The Bertz CT molecular complexity index is 579. The number of aryl methyl sites for hydroxylation is 2. The van der Waals surface area contributed by atoms with E-state index in [0.717, 1.165) is 22.6 Å². The highest BCUT2D eigenvalue weighted by molar-refractivity contribution is 6.33. The van der Waals surface area contributed by atoms with Crippen molar-refractivity contribution in [1.29, 1.82) is 0 Å². The van der Waals surface area contributed by atoms with E-state index in [-0.39, 0.29) is 0 Å². The SMILES string of the molecule is C/C=C(\C)c1c(C)nc2c(Cl)cc(C)cn12. The number of hydrogen-bond donors (Lipinski definition) is 0. The largest absolute Gasteiger partial charge is 0.298 e. The molecule has 0 aliphatic rings. The molecule has 0 fully saturated rings. The van der Waals surface area contributed by atoms with Crippen molar-refractivity contribution in [1.82, 2.24) is 9.38 Å². The summed E-state index contributed by atoms with van der Waals surface area (Å²) < 4.78 is 2.07. The van der Waals surface area contributed by atoms with Crippen molar-refractivity contribution in [3.05, 3.63) is 40.3 Å². The fraction of sp³-hybridized carbons (Fsp3) is 0.308. The van der Waals surface area contributed by atoms with Gasteiger partial charge in [-0.1, -0.05) is 17.7 Å². The first-order valence-electron chi connectivity index (χ1n) is 5.32. The lowest BCUT2D eigenvalue weighted by molar-refractivity contribution is 1.12. The Kier molecular flexibility index (Phi) is 2.76. The smallest absolute Gasteiger partial charge is 0.156 e. The molecular formula is C13H15ClN2. The van der Waals surface area contributed by atoms with Gasteiger partial charge >= 0.3 is 0 Å². The predicted octanol–water partition coefficient (Wildman–Crippen LogP) is 4.03. The summed E-state index contributed by atoms with van der Waals surface area (Å²) in [6.45, 7) is 8.18. The van der Waals surface area contributed by atoms with Crippen LogP contribution in [0.15, 0.2) is 18.3 Å². The average molecular weight is 235 g/mol. The highest BCUT2D eigenvalue weighted by Gasteiger charge is 2.12. The number of imidazole rings is 1. The van der Waals surface area contributed by atoms with Crippen LogP contribution in [0, 0.1) is 13.8 Å². The zero-order valence-corrected chi connectivity index (χ0v) is 10.8. The molecule has 0 saturated carbocycles. The van der Waals surface area contributed by atoms with Crippen molar-refractivity contribution in [2.45, 2.75) is 27.7 Å². The van der Waals surface area contributed by atoms with Crippen molar-refractivity contribution >= 4 is 22.8 Å². The molecule has 0 atom stereocenters. The average Bonchev–Trinajstić information content (AvgIpc) is 2.54. The Morgan fingerprint density at radius 1 is 1.44 bits per heavy atom. The van der Waals surface area contributed by atoms with Crippen molar-refractivity contribution in [3.63, 3.8) is 0 Å². The normalized spacial score (nSPS) is 12.4. The number of fused-ring (bicyclic) bond motifs is 1. The van der Waals surface area contributed by atoms with E-state index >= 15 is 0 Å². The molecular weight excluding hydrogens is 220 g/mol. The number of nitrogens with zero attached hydrogens (tertiary/aromatic N) is 2. The quantitative estimate of drug-likeness (QED) is 0.728. The molecule has 16 heavy (non-hydrogen) atoms. The zero-order valence-electron chi connectivity index (χ0n) is 10.0. The monoisotopic (exact) mass is 234 g/mol. The van der Waals surface area contributed by atoms with Gasteiger partial charge in [0.15, 0.2) is 5.65 Å². The molecule has 3 heteroatoms. The molecule has 0 bridgehead atoms. The Morgan fingerprint density at radius 3 is 2.75 bits per heavy atom. The first-order valence-corrected chi connectivity index (χ1v) is 5.70. The van der Waals surface area contributed by atoms with E-state index in [1.54, 1.807) is 0 Å². The lowest BCUT2D eigenvalue weighted by Crippen LogP contribution is -1.93. The van der Waals surface area contributed by atoms with Crippen molar-refractivity contribution in [2.75, 3.05) is 0 Å². The van der Waals surface area contributed by atoms with Gasteiger partial charge in [-0.2, -0.15) is 0 Å². The summed E-state index contributed by atoms with van der Waals surface area (Å²) in [4.78, 5) is 4.51. The van der Waals surface area contributed by atoms with Crippen LogP contribution in [0.4, 0.5) is 0 Å². The minimum atomic E-state index is 0.707. The van der Waals surface area contributed by atoms with Gasteiger partial charge in [0.25, 0.3) is 0 Å². The van der Waals surface area contributed by atoms with Crippen LogP contribution < -0.4 is 0 Å². The van der Waals surface area contributed by atoms with Crippen LogP contribution >= 0.6 is 11.6 Å². The molecule has 0 unspecified atom stereocenters. The Balaban J connectivity index is 2.89. The van der Waals surface area contributed by atoms with Gasteiger partial charge in [0.2, 0.25) is 0 Å². The molecule has 2 aromatic rings. The number of halogens is 1. The molecule has 0 aliphatic carbocycles. The number of pyridine rings is 1. The zero-order chi connectivity index (χ0) is 11.9. The standard InChI is InChI=1S/C13H15ClN2/c1-5-9(3)12-10(4)15-13-11(14)6-8(2)7-16(12)13/h5-7H,1-4H3/b9-5+. The van der Waals surface area contributed by atoms with Gasteiger partial charge in [-0.3, -0.25) is 4.40 Å². The molecule has 0 amide bonds. The van der Waals surface area contributed by atoms with Crippen LogP contribution in [0.2, 0.25) is 5.02 Å². The summed E-state index contributed by atoms with van der Waals surface area (Å²) in [5, 5.41) is 0.707. The molecule has 0 spiro atoms. The fourth-order valence-corrected chi connectivity index (χ4v) is 2.26. The summed E-state index contributed by atoms with van der Waals surface area (Å²) in [7, 11) is 0. The second-order valence-corrected chi connectivity index (χ2v) is 4.48. The maximum atomic E-state index is 6.19. The van der Waals surface area contributed by atoms with E-state index in [0.29, 0.717) is 5.02 Å². The summed E-state index contributed by atoms with van der Waals surface area (Å²) in [5.74, 6) is 0. The van der Waals surface area contributed by atoms with E-state index < -0.39 is 0 Å². The first-order chi connectivity index (χ1) is 7.54. The lowest BCUT2D eigenvalue weighted by Gasteiger charge is -2.04. The van der Waals surface area contributed by atoms with Gasteiger partial charge < -0.3 is 0 Å². The molecule has 0 N–H and O–H groups in total. The van der Waals surface area contributed by atoms with Gasteiger partial charge in [0.1, 0.15) is 0 Å². The third kappa shape index (κ3) is 1.63. The van der Waals surface area contributed by atoms with Gasteiger partial charge in [-0.25, -0.2) is 4.98 Å². The third-order valence-corrected chi connectivity index (χ3v) is 3.07. The maximum Gasteiger partial charge on any atom is 0.156 e. The lowest BCUT2D eigenvalue weighted by atomic mass is 10.2. The van der Waals surface area contributed by atoms with Crippen LogP contribution in [0.1, 0.15) is 30.8 Å². The van der Waals surface area contributed by atoms with Crippen molar-refractivity contribution < 1.29 is 0 Å². The van der Waals surface area contributed by atoms with Crippen molar-refractivity contribution in [2.24, 2.45) is 0 Å². The maximum absolute atomic E-state index is 6.19. The van der Waals surface area contributed by atoms with E-state index in [1.165, 1.54) is 5.57 Å². The second kappa shape index (κ2) is 3.95. The number of aromatic nitrogens is 2. The van der Waals surface area contributed by atoms with Crippen LogP contribution in [0.3, 0.4) is 0 Å². The van der Waals surface area contributed by atoms with E-state index in [1.807, 2.05) is 26.8 Å². The Morgan fingerprint density at radius 2 is 2.12 bits per heavy atom. The summed E-state index contributed by atoms with van der Waals surface area (Å²) >= 11 is 6.19. The third-order valence-electron chi connectivity index (χ3n) is 2.79. The van der Waals surface area contributed by atoms with E-state index in [2.05, 4.69) is 28.6 Å².